The summed E-state index contributed by atoms with van der Waals surface area (Å²) in [6.07, 6.45) is -7.02. The molecule has 3 aliphatic rings. The molecule has 0 saturated carbocycles. The van der Waals surface area contributed by atoms with Gasteiger partial charge in [0.25, 0.3) is 0 Å². The van der Waals surface area contributed by atoms with E-state index in [0.717, 1.165) is 11.8 Å². The van der Waals surface area contributed by atoms with Crippen LogP contribution in [0.4, 0.5) is 13.2 Å². The number of hydrogen-bond acceptors (Lipinski definition) is 6. The Kier molecular flexibility index (Phi) is 3.22. The number of carbonyl (C=O) groups excluding carboxylic acids is 2. The topological polar surface area (TPSA) is 72.8 Å². The lowest BCUT2D eigenvalue weighted by Crippen LogP contribution is -2.52. The normalized spacial score (nSPS) is 42.0. The van der Waals surface area contributed by atoms with E-state index in [1.807, 2.05) is 0 Å². The highest BCUT2D eigenvalue weighted by Gasteiger charge is 2.81. The monoisotopic (exact) mass is 326 g/mol. The van der Waals surface area contributed by atoms with Crippen LogP contribution in [0.3, 0.4) is 0 Å². The molecule has 118 valence electrons. The SMILES string of the molecule is CC(CO)C(=O)OC1C2CC3(C(F)(F)F)C(=O)OC1C3S2. The molecule has 2 bridgehead atoms. The fourth-order valence-corrected chi connectivity index (χ4v) is 5.16. The third kappa shape index (κ3) is 1.82. The van der Waals surface area contributed by atoms with Crippen molar-refractivity contribution in [1.29, 1.82) is 0 Å². The molecule has 0 aromatic rings. The number of aliphatic hydroxyl groups excluding tert-OH is 1. The summed E-state index contributed by atoms with van der Waals surface area (Å²) >= 11 is 1.00. The number of fused-ring (bicyclic) bond motifs is 1. The van der Waals surface area contributed by atoms with Gasteiger partial charge in [0, 0.05) is 5.25 Å². The van der Waals surface area contributed by atoms with E-state index in [1.54, 1.807) is 0 Å². The van der Waals surface area contributed by atoms with E-state index >= 15 is 0 Å². The largest absolute Gasteiger partial charge is 0.457 e. The first-order chi connectivity index (χ1) is 9.72. The number of aliphatic hydroxyl groups is 1. The Bertz CT molecular complexity index is 496. The van der Waals surface area contributed by atoms with Gasteiger partial charge in [-0.25, -0.2) is 0 Å². The maximum absolute atomic E-state index is 13.3. The van der Waals surface area contributed by atoms with Gasteiger partial charge >= 0.3 is 18.1 Å². The van der Waals surface area contributed by atoms with E-state index in [2.05, 4.69) is 0 Å². The number of halogens is 3. The number of thioether (sulfide) groups is 1. The standard InChI is InChI=1S/C12H13F3O5S/c1-4(3-16)9(17)19-6-5-2-11(12(13,14)15)8(21-5)7(6)20-10(11)18/h4-8,16H,2-3H2,1H3. The molecule has 0 radical (unpaired) electrons. The summed E-state index contributed by atoms with van der Waals surface area (Å²) in [4.78, 5) is 23.4. The second-order valence-corrected chi connectivity index (χ2v) is 7.01. The van der Waals surface area contributed by atoms with Crippen LogP contribution in [0.5, 0.6) is 0 Å². The molecule has 5 nitrogen and oxygen atoms in total. The Hall–Kier alpha value is -0.960. The van der Waals surface area contributed by atoms with E-state index in [0.29, 0.717) is 0 Å². The molecule has 3 saturated heterocycles. The first kappa shape index (κ1) is 15.0. The molecule has 0 aromatic heterocycles. The van der Waals surface area contributed by atoms with Crippen molar-refractivity contribution in [2.75, 3.05) is 6.61 Å². The maximum atomic E-state index is 13.3. The van der Waals surface area contributed by atoms with Crippen molar-refractivity contribution in [3.63, 3.8) is 0 Å². The van der Waals surface area contributed by atoms with Crippen LogP contribution in [0.1, 0.15) is 13.3 Å². The van der Waals surface area contributed by atoms with Crippen LogP contribution >= 0.6 is 11.8 Å². The molecule has 6 atom stereocenters. The van der Waals surface area contributed by atoms with Crippen LogP contribution < -0.4 is 0 Å². The molecule has 0 amide bonds. The average Bonchev–Trinajstić information content (AvgIpc) is 2.99. The summed E-state index contributed by atoms with van der Waals surface area (Å²) in [5.41, 5.74) is -2.46. The predicted octanol–water partition coefficient (Wildman–Crippen LogP) is 0.888. The lowest BCUT2D eigenvalue weighted by molar-refractivity contribution is -0.222. The summed E-state index contributed by atoms with van der Waals surface area (Å²) in [6.45, 7) is 1.03. The molecule has 0 spiro atoms. The van der Waals surface area contributed by atoms with Gasteiger partial charge in [-0.2, -0.15) is 13.2 Å². The third-order valence-corrected chi connectivity index (χ3v) is 6.11. The van der Waals surface area contributed by atoms with Gasteiger partial charge in [0.15, 0.2) is 17.6 Å². The fourth-order valence-electron chi connectivity index (χ4n) is 3.14. The Morgan fingerprint density at radius 1 is 1.62 bits per heavy atom. The van der Waals surface area contributed by atoms with E-state index in [9.17, 15) is 22.8 Å². The van der Waals surface area contributed by atoms with E-state index in [1.165, 1.54) is 6.92 Å². The first-order valence-corrected chi connectivity index (χ1v) is 7.41. The molecule has 9 heteroatoms. The average molecular weight is 326 g/mol. The Labute approximate surface area is 122 Å². The van der Waals surface area contributed by atoms with Gasteiger partial charge in [-0.05, 0) is 13.3 Å². The van der Waals surface area contributed by atoms with Crippen LogP contribution in [-0.2, 0) is 19.1 Å². The van der Waals surface area contributed by atoms with Gasteiger partial charge < -0.3 is 14.6 Å². The molecule has 3 rings (SSSR count). The Morgan fingerprint density at radius 3 is 2.86 bits per heavy atom. The van der Waals surface area contributed by atoms with Gasteiger partial charge in [0.05, 0.1) is 17.8 Å². The minimum Gasteiger partial charge on any atom is -0.457 e. The van der Waals surface area contributed by atoms with Crippen LogP contribution in [0.2, 0.25) is 0 Å². The predicted molar refractivity (Wildman–Crippen MR) is 64.3 cm³/mol. The smallest absolute Gasteiger partial charge is 0.406 e. The number of alkyl halides is 3. The summed E-state index contributed by atoms with van der Waals surface area (Å²) < 4.78 is 49.9. The molecule has 1 N–H and O–H groups in total. The van der Waals surface area contributed by atoms with Gasteiger partial charge in [0.2, 0.25) is 0 Å². The molecule has 6 unspecified atom stereocenters. The van der Waals surface area contributed by atoms with E-state index < -0.39 is 65.2 Å². The summed E-state index contributed by atoms with van der Waals surface area (Å²) in [7, 11) is 0. The fraction of sp³-hybridized carbons (Fsp3) is 0.833. The van der Waals surface area contributed by atoms with Crippen molar-refractivity contribution in [3.8, 4) is 0 Å². The highest BCUT2D eigenvalue weighted by molar-refractivity contribution is 8.01. The second kappa shape index (κ2) is 4.52. The minimum atomic E-state index is -4.67. The Balaban J connectivity index is 1.82. The summed E-state index contributed by atoms with van der Waals surface area (Å²) in [5, 5.41) is 7.23. The first-order valence-electron chi connectivity index (χ1n) is 6.47. The van der Waals surface area contributed by atoms with Crippen LogP contribution in [0.25, 0.3) is 0 Å². The zero-order valence-corrected chi connectivity index (χ0v) is 11.7. The van der Waals surface area contributed by atoms with E-state index in [-0.39, 0.29) is 0 Å². The molecule has 3 heterocycles. The number of carbonyl (C=O) groups is 2. The third-order valence-electron chi connectivity index (χ3n) is 4.36. The van der Waals surface area contributed by atoms with E-state index in [4.69, 9.17) is 14.6 Å². The molecule has 21 heavy (non-hydrogen) atoms. The number of rotatable bonds is 3. The number of hydrogen-bond donors (Lipinski definition) is 1. The van der Waals surface area contributed by atoms with Crippen molar-refractivity contribution in [2.24, 2.45) is 11.3 Å². The molecule has 3 fully saturated rings. The zero-order valence-electron chi connectivity index (χ0n) is 10.9. The molecular formula is C12H13F3O5S. The van der Waals surface area contributed by atoms with Gasteiger partial charge in [-0.3, -0.25) is 9.59 Å². The summed E-state index contributed by atoms with van der Waals surface area (Å²) in [5.74, 6) is -2.73. The van der Waals surface area contributed by atoms with Crippen molar-refractivity contribution in [2.45, 2.75) is 42.2 Å². The maximum Gasteiger partial charge on any atom is 0.406 e. The van der Waals surface area contributed by atoms with Crippen molar-refractivity contribution < 1.29 is 37.3 Å². The van der Waals surface area contributed by atoms with Crippen LogP contribution in [0.15, 0.2) is 0 Å². The molecular weight excluding hydrogens is 313 g/mol. The van der Waals surface area contributed by atoms with Crippen LogP contribution in [-0.4, -0.2) is 52.5 Å². The van der Waals surface area contributed by atoms with Crippen LogP contribution in [0, 0.1) is 11.3 Å². The zero-order chi connectivity index (χ0) is 15.6. The minimum absolute atomic E-state index is 0.413. The highest BCUT2D eigenvalue weighted by atomic mass is 32.2. The van der Waals surface area contributed by atoms with Gasteiger partial charge in [0.1, 0.15) is 0 Å². The van der Waals surface area contributed by atoms with Crippen molar-refractivity contribution in [1.82, 2.24) is 0 Å². The van der Waals surface area contributed by atoms with Gasteiger partial charge in [-0.15, -0.1) is 11.8 Å². The highest BCUT2D eigenvalue weighted by Crippen LogP contribution is 2.67. The van der Waals surface area contributed by atoms with Gasteiger partial charge in [-0.1, -0.05) is 0 Å². The second-order valence-electron chi connectivity index (χ2n) is 5.62. The lowest BCUT2D eigenvalue weighted by Gasteiger charge is -2.32. The summed E-state index contributed by atoms with van der Waals surface area (Å²) in [6, 6.07) is 0. The number of ether oxygens (including phenoxy) is 2. The van der Waals surface area contributed by atoms with Crippen molar-refractivity contribution >= 4 is 23.7 Å². The quantitative estimate of drug-likeness (QED) is 0.777. The molecule has 0 aliphatic carbocycles. The number of esters is 2. The van der Waals surface area contributed by atoms with Crippen molar-refractivity contribution in [3.05, 3.63) is 0 Å². The lowest BCUT2D eigenvalue weighted by atomic mass is 9.73. The molecule has 0 aromatic carbocycles. The molecule has 3 aliphatic heterocycles. The Morgan fingerprint density at radius 2 is 2.29 bits per heavy atom.